The molecule has 0 atom stereocenters. The Bertz CT molecular complexity index is 301. The number of hydrogen-bond acceptors (Lipinski definition) is 3. The van der Waals surface area contributed by atoms with Gasteiger partial charge in [0, 0.05) is 20.0 Å². The number of likely N-dealkylation sites (N-methyl/N-ethyl adjacent to an activating group) is 1. The molecule has 0 spiro atoms. The van der Waals surface area contributed by atoms with Crippen LogP contribution in [-0.2, 0) is 4.79 Å². The van der Waals surface area contributed by atoms with Gasteiger partial charge in [0.05, 0.1) is 5.60 Å². The highest BCUT2D eigenvalue weighted by Crippen LogP contribution is 2.43. The predicted molar refractivity (Wildman–Crippen MR) is 71.0 cm³/mol. The van der Waals surface area contributed by atoms with Crippen LogP contribution in [0.2, 0.25) is 0 Å². The average Bonchev–Trinajstić information content (AvgIpc) is 2.69. The second-order valence-electron chi connectivity index (χ2n) is 6.42. The van der Waals surface area contributed by atoms with E-state index < -0.39 is 5.60 Å². The van der Waals surface area contributed by atoms with Gasteiger partial charge in [-0.3, -0.25) is 4.79 Å². The van der Waals surface area contributed by atoms with Crippen LogP contribution in [0.4, 0.5) is 0 Å². The van der Waals surface area contributed by atoms with Crippen LogP contribution >= 0.6 is 0 Å². The molecular formula is C14H26N2O2. The SMILES string of the molecule is CN(CC1(O)CCCC1)C(=O)CC1(CN)CCC1. The minimum absolute atomic E-state index is 0.0592. The number of hydrogen-bond donors (Lipinski definition) is 2. The molecule has 104 valence electrons. The van der Waals surface area contributed by atoms with Gasteiger partial charge in [0.1, 0.15) is 0 Å². The van der Waals surface area contributed by atoms with Crippen LogP contribution in [0.25, 0.3) is 0 Å². The standard InChI is InChI=1S/C14H26N2O2/c1-16(11-14(18)7-2-3-8-14)12(17)9-13(10-15)5-4-6-13/h18H,2-11,15H2,1H3. The number of rotatable bonds is 5. The van der Waals surface area contributed by atoms with Crippen molar-refractivity contribution in [2.75, 3.05) is 20.1 Å². The number of aliphatic hydroxyl groups is 1. The molecule has 4 nitrogen and oxygen atoms in total. The lowest BCUT2D eigenvalue weighted by molar-refractivity contribution is -0.137. The van der Waals surface area contributed by atoms with Crippen molar-refractivity contribution in [1.29, 1.82) is 0 Å². The van der Waals surface area contributed by atoms with Gasteiger partial charge in [-0.25, -0.2) is 0 Å². The maximum Gasteiger partial charge on any atom is 0.223 e. The van der Waals surface area contributed by atoms with E-state index in [-0.39, 0.29) is 11.3 Å². The largest absolute Gasteiger partial charge is 0.388 e. The molecule has 0 saturated heterocycles. The summed E-state index contributed by atoms with van der Waals surface area (Å²) in [5.41, 5.74) is 5.21. The summed E-state index contributed by atoms with van der Waals surface area (Å²) < 4.78 is 0. The Morgan fingerprint density at radius 3 is 2.28 bits per heavy atom. The fourth-order valence-corrected chi connectivity index (χ4v) is 3.31. The molecule has 2 fully saturated rings. The van der Waals surface area contributed by atoms with Gasteiger partial charge < -0.3 is 15.7 Å². The van der Waals surface area contributed by atoms with Crippen molar-refractivity contribution in [1.82, 2.24) is 4.90 Å². The number of nitrogens with two attached hydrogens (primary N) is 1. The third-order valence-electron chi connectivity index (χ3n) is 4.86. The molecule has 2 rings (SSSR count). The van der Waals surface area contributed by atoms with E-state index in [1.807, 2.05) is 7.05 Å². The van der Waals surface area contributed by atoms with E-state index in [2.05, 4.69) is 0 Å². The summed E-state index contributed by atoms with van der Waals surface area (Å²) in [6.45, 7) is 1.09. The quantitative estimate of drug-likeness (QED) is 0.776. The highest BCUT2D eigenvalue weighted by atomic mass is 16.3. The fraction of sp³-hybridized carbons (Fsp3) is 0.929. The van der Waals surface area contributed by atoms with Gasteiger partial charge in [0.2, 0.25) is 5.91 Å². The summed E-state index contributed by atoms with van der Waals surface area (Å²) in [5, 5.41) is 10.3. The molecule has 0 heterocycles. The highest BCUT2D eigenvalue weighted by molar-refractivity contribution is 5.77. The normalized spacial score (nSPS) is 24.6. The smallest absolute Gasteiger partial charge is 0.223 e. The van der Waals surface area contributed by atoms with Gasteiger partial charge in [-0.05, 0) is 37.6 Å². The Balaban J connectivity index is 1.84. The first-order valence-corrected chi connectivity index (χ1v) is 7.15. The van der Waals surface area contributed by atoms with E-state index in [1.165, 1.54) is 6.42 Å². The van der Waals surface area contributed by atoms with E-state index in [0.29, 0.717) is 19.5 Å². The number of amides is 1. The molecule has 18 heavy (non-hydrogen) atoms. The van der Waals surface area contributed by atoms with E-state index in [9.17, 15) is 9.90 Å². The van der Waals surface area contributed by atoms with Gasteiger partial charge >= 0.3 is 0 Å². The Morgan fingerprint density at radius 2 is 1.83 bits per heavy atom. The molecule has 2 aliphatic rings. The molecule has 0 aromatic carbocycles. The van der Waals surface area contributed by atoms with Crippen molar-refractivity contribution in [2.45, 2.75) is 57.0 Å². The average molecular weight is 254 g/mol. The van der Waals surface area contributed by atoms with Crippen LogP contribution in [0.1, 0.15) is 51.4 Å². The zero-order chi connectivity index (χ0) is 13.2. The van der Waals surface area contributed by atoms with E-state index in [4.69, 9.17) is 5.73 Å². The fourth-order valence-electron chi connectivity index (χ4n) is 3.31. The lowest BCUT2D eigenvalue weighted by atomic mass is 9.66. The monoisotopic (exact) mass is 254 g/mol. The van der Waals surface area contributed by atoms with Crippen molar-refractivity contribution in [3.63, 3.8) is 0 Å². The molecule has 4 heteroatoms. The molecule has 0 radical (unpaired) electrons. The van der Waals surface area contributed by atoms with Gasteiger partial charge in [-0.2, -0.15) is 0 Å². The first kappa shape index (κ1) is 13.8. The van der Waals surface area contributed by atoms with Crippen LogP contribution in [-0.4, -0.2) is 41.7 Å². The van der Waals surface area contributed by atoms with Gasteiger partial charge in [-0.1, -0.05) is 19.3 Å². The molecule has 2 aliphatic carbocycles. The zero-order valence-corrected chi connectivity index (χ0v) is 11.5. The molecule has 3 N–H and O–H groups in total. The maximum absolute atomic E-state index is 12.2. The number of nitrogens with zero attached hydrogens (tertiary/aromatic N) is 1. The molecule has 0 aromatic rings. The van der Waals surface area contributed by atoms with Gasteiger partial charge in [-0.15, -0.1) is 0 Å². The zero-order valence-electron chi connectivity index (χ0n) is 11.5. The molecule has 0 bridgehead atoms. The summed E-state index contributed by atoms with van der Waals surface area (Å²) in [7, 11) is 1.81. The Morgan fingerprint density at radius 1 is 1.22 bits per heavy atom. The molecule has 2 saturated carbocycles. The second-order valence-corrected chi connectivity index (χ2v) is 6.42. The molecular weight excluding hydrogens is 228 g/mol. The van der Waals surface area contributed by atoms with Crippen LogP contribution < -0.4 is 5.73 Å². The van der Waals surface area contributed by atoms with Crippen molar-refractivity contribution in [3.8, 4) is 0 Å². The number of carbonyl (C=O) groups excluding carboxylic acids is 1. The minimum Gasteiger partial charge on any atom is -0.388 e. The van der Waals surface area contributed by atoms with Crippen molar-refractivity contribution < 1.29 is 9.90 Å². The molecule has 0 aromatic heterocycles. The topological polar surface area (TPSA) is 66.6 Å². The third-order valence-corrected chi connectivity index (χ3v) is 4.86. The molecule has 1 amide bonds. The van der Waals surface area contributed by atoms with Gasteiger partial charge in [0.15, 0.2) is 0 Å². The van der Waals surface area contributed by atoms with Crippen LogP contribution in [0.5, 0.6) is 0 Å². The summed E-state index contributed by atoms with van der Waals surface area (Å²) in [6.07, 6.45) is 7.70. The van der Waals surface area contributed by atoms with Crippen molar-refractivity contribution >= 4 is 5.91 Å². The first-order chi connectivity index (χ1) is 8.49. The number of carbonyl (C=O) groups is 1. The lowest BCUT2D eigenvalue weighted by Crippen LogP contribution is -2.46. The van der Waals surface area contributed by atoms with E-state index >= 15 is 0 Å². The second kappa shape index (κ2) is 5.17. The summed E-state index contributed by atoms with van der Waals surface area (Å²) in [6, 6.07) is 0. The first-order valence-electron chi connectivity index (χ1n) is 7.15. The van der Waals surface area contributed by atoms with Crippen molar-refractivity contribution in [3.05, 3.63) is 0 Å². The minimum atomic E-state index is -0.639. The Labute approximate surface area is 110 Å². The van der Waals surface area contributed by atoms with Crippen molar-refractivity contribution in [2.24, 2.45) is 11.1 Å². The van der Waals surface area contributed by atoms with Crippen LogP contribution in [0, 0.1) is 5.41 Å². The van der Waals surface area contributed by atoms with Crippen LogP contribution in [0.15, 0.2) is 0 Å². The Hall–Kier alpha value is -0.610. The maximum atomic E-state index is 12.2. The molecule has 0 unspecified atom stereocenters. The summed E-state index contributed by atoms with van der Waals surface area (Å²) in [4.78, 5) is 13.9. The van der Waals surface area contributed by atoms with E-state index in [0.717, 1.165) is 38.5 Å². The third kappa shape index (κ3) is 2.86. The molecule has 0 aliphatic heterocycles. The summed E-state index contributed by atoms with van der Waals surface area (Å²) in [5.74, 6) is 0.139. The summed E-state index contributed by atoms with van der Waals surface area (Å²) >= 11 is 0. The van der Waals surface area contributed by atoms with Gasteiger partial charge in [0.25, 0.3) is 0 Å². The lowest BCUT2D eigenvalue weighted by Gasteiger charge is -2.41. The van der Waals surface area contributed by atoms with Crippen LogP contribution in [0.3, 0.4) is 0 Å². The Kier molecular flexibility index (Phi) is 3.97. The predicted octanol–water partition coefficient (Wildman–Crippen LogP) is 1.27. The highest BCUT2D eigenvalue weighted by Gasteiger charge is 2.39. The van der Waals surface area contributed by atoms with E-state index in [1.54, 1.807) is 4.90 Å².